The Hall–Kier alpha value is -3.81. The molecule has 0 aliphatic rings. The summed E-state index contributed by atoms with van der Waals surface area (Å²) in [5.74, 6) is 2.79. The first-order valence-electron chi connectivity index (χ1n) is 8.82. The maximum atomic E-state index is 5.85. The summed E-state index contributed by atoms with van der Waals surface area (Å²) < 4.78 is 27.7. The van der Waals surface area contributed by atoms with E-state index in [1.54, 1.807) is 39.7 Å². The molecular formula is C21H19N3O5. The Labute approximate surface area is 167 Å². The number of benzene rings is 2. The predicted octanol–water partition coefficient (Wildman–Crippen LogP) is 3.89. The van der Waals surface area contributed by atoms with E-state index in [4.69, 9.17) is 23.4 Å². The molecule has 2 aromatic heterocycles. The Bertz CT molecular complexity index is 1110. The summed E-state index contributed by atoms with van der Waals surface area (Å²) in [6.45, 7) is 0.118. The minimum atomic E-state index is 0.118. The predicted molar refractivity (Wildman–Crippen MR) is 105 cm³/mol. The molecule has 4 aromatic rings. The van der Waals surface area contributed by atoms with Crippen molar-refractivity contribution in [3.8, 4) is 34.5 Å². The third-order valence-corrected chi connectivity index (χ3v) is 4.33. The zero-order chi connectivity index (χ0) is 20.2. The molecule has 0 atom stereocenters. The lowest BCUT2D eigenvalue weighted by Crippen LogP contribution is -1.97. The van der Waals surface area contributed by atoms with Crippen LogP contribution in [-0.4, -0.2) is 36.5 Å². The number of ether oxygens (including phenoxy) is 4. The van der Waals surface area contributed by atoms with Crippen molar-refractivity contribution in [2.24, 2.45) is 0 Å². The fourth-order valence-electron chi connectivity index (χ4n) is 2.97. The van der Waals surface area contributed by atoms with Gasteiger partial charge in [0.2, 0.25) is 11.6 Å². The van der Waals surface area contributed by atoms with Crippen molar-refractivity contribution in [3.63, 3.8) is 0 Å². The monoisotopic (exact) mass is 393 g/mol. The highest BCUT2D eigenvalue weighted by atomic mass is 16.5. The number of aromatic nitrogens is 3. The van der Waals surface area contributed by atoms with E-state index in [1.165, 1.54) is 0 Å². The van der Waals surface area contributed by atoms with Crippen LogP contribution in [0.3, 0.4) is 0 Å². The van der Waals surface area contributed by atoms with Gasteiger partial charge in [0.15, 0.2) is 18.1 Å². The molecule has 0 spiro atoms. The molecule has 8 heteroatoms. The Balaban J connectivity index is 1.57. The normalized spacial score (nSPS) is 10.7. The molecule has 0 radical (unpaired) electrons. The van der Waals surface area contributed by atoms with Crippen LogP contribution in [0.25, 0.3) is 22.4 Å². The van der Waals surface area contributed by atoms with Gasteiger partial charge in [-0.05, 0) is 24.3 Å². The number of rotatable bonds is 7. The van der Waals surface area contributed by atoms with Gasteiger partial charge in [0.25, 0.3) is 5.89 Å². The van der Waals surface area contributed by atoms with Crippen molar-refractivity contribution in [1.29, 1.82) is 0 Å². The summed E-state index contributed by atoms with van der Waals surface area (Å²) in [5.41, 5.74) is 1.42. The number of fused-ring (bicyclic) bond motifs is 1. The van der Waals surface area contributed by atoms with E-state index in [-0.39, 0.29) is 6.61 Å². The lowest BCUT2D eigenvalue weighted by Gasteiger charge is -2.12. The first kappa shape index (κ1) is 18.5. The van der Waals surface area contributed by atoms with Crippen molar-refractivity contribution in [3.05, 3.63) is 54.6 Å². The standard InChI is InChI=1S/C21H19N3O5/c1-25-16-10-14(11-17(26-2)20(16)27-3)21-24-23-18(29-21)12-28-15-8-4-6-13-7-5-9-22-19(13)15/h4-11H,12H2,1-3H3. The maximum Gasteiger partial charge on any atom is 0.254 e. The van der Waals surface area contributed by atoms with E-state index in [2.05, 4.69) is 15.2 Å². The summed E-state index contributed by atoms with van der Waals surface area (Å²) in [6.07, 6.45) is 1.73. The summed E-state index contributed by atoms with van der Waals surface area (Å²) in [7, 11) is 4.64. The van der Waals surface area contributed by atoms with Crippen molar-refractivity contribution >= 4 is 10.9 Å². The van der Waals surface area contributed by atoms with Crippen LogP contribution in [-0.2, 0) is 6.61 Å². The van der Waals surface area contributed by atoms with Gasteiger partial charge in [-0.2, -0.15) is 0 Å². The van der Waals surface area contributed by atoms with Crippen LogP contribution in [0.4, 0.5) is 0 Å². The van der Waals surface area contributed by atoms with Crippen LogP contribution in [0.1, 0.15) is 5.89 Å². The minimum Gasteiger partial charge on any atom is -0.493 e. The average Bonchev–Trinajstić information content (AvgIpc) is 3.25. The average molecular weight is 393 g/mol. The van der Waals surface area contributed by atoms with E-state index in [0.717, 1.165) is 10.9 Å². The largest absolute Gasteiger partial charge is 0.493 e. The SMILES string of the molecule is COc1cc(-c2nnc(COc3cccc4cccnc34)o2)cc(OC)c1OC. The Kier molecular flexibility index (Phi) is 5.15. The van der Waals surface area contributed by atoms with Crippen LogP contribution in [0.5, 0.6) is 23.0 Å². The highest BCUT2D eigenvalue weighted by Crippen LogP contribution is 2.40. The van der Waals surface area contributed by atoms with Crippen molar-refractivity contribution in [1.82, 2.24) is 15.2 Å². The minimum absolute atomic E-state index is 0.118. The highest BCUT2D eigenvalue weighted by molar-refractivity contribution is 5.84. The Morgan fingerprint density at radius 2 is 1.62 bits per heavy atom. The van der Waals surface area contributed by atoms with Gasteiger partial charge in [-0.15, -0.1) is 10.2 Å². The van der Waals surface area contributed by atoms with E-state index in [9.17, 15) is 0 Å². The lowest BCUT2D eigenvalue weighted by atomic mass is 10.2. The van der Waals surface area contributed by atoms with Crippen molar-refractivity contribution in [2.45, 2.75) is 6.61 Å². The molecule has 0 saturated heterocycles. The summed E-state index contributed by atoms with van der Waals surface area (Å²) >= 11 is 0. The molecule has 29 heavy (non-hydrogen) atoms. The summed E-state index contributed by atoms with van der Waals surface area (Å²) in [4.78, 5) is 4.37. The van der Waals surface area contributed by atoms with Gasteiger partial charge in [-0.1, -0.05) is 18.2 Å². The summed E-state index contributed by atoms with van der Waals surface area (Å²) in [6, 6.07) is 13.1. The van der Waals surface area contributed by atoms with Gasteiger partial charge in [-0.3, -0.25) is 4.98 Å². The second kappa shape index (κ2) is 8.05. The molecule has 0 aliphatic carbocycles. The van der Waals surface area contributed by atoms with Crippen LogP contribution in [0.15, 0.2) is 53.1 Å². The summed E-state index contributed by atoms with van der Waals surface area (Å²) in [5, 5.41) is 9.16. The van der Waals surface area contributed by atoms with Crippen LogP contribution in [0.2, 0.25) is 0 Å². The molecule has 0 unspecified atom stereocenters. The molecule has 4 rings (SSSR count). The van der Waals surface area contributed by atoms with E-state index in [0.29, 0.717) is 40.3 Å². The first-order valence-corrected chi connectivity index (χ1v) is 8.82. The quantitative estimate of drug-likeness (QED) is 0.467. The topological polar surface area (TPSA) is 88.7 Å². The van der Waals surface area contributed by atoms with E-state index < -0.39 is 0 Å². The maximum absolute atomic E-state index is 5.85. The molecular weight excluding hydrogens is 374 g/mol. The molecule has 0 bridgehead atoms. The molecule has 0 aliphatic heterocycles. The first-order chi connectivity index (χ1) is 14.2. The molecule has 2 heterocycles. The second-order valence-electron chi connectivity index (χ2n) is 6.03. The second-order valence-corrected chi connectivity index (χ2v) is 6.03. The number of pyridine rings is 1. The molecule has 0 N–H and O–H groups in total. The van der Waals surface area contributed by atoms with Gasteiger partial charge < -0.3 is 23.4 Å². The van der Waals surface area contributed by atoms with Crippen molar-refractivity contribution < 1.29 is 23.4 Å². The molecule has 2 aromatic carbocycles. The molecule has 0 amide bonds. The number of para-hydroxylation sites is 1. The van der Waals surface area contributed by atoms with Crippen LogP contribution >= 0.6 is 0 Å². The molecule has 0 fully saturated rings. The fraction of sp³-hybridized carbons (Fsp3) is 0.190. The number of nitrogens with zero attached hydrogens (tertiary/aromatic N) is 3. The van der Waals surface area contributed by atoms with Gasteiger partial charge in [-0.25, -0.2) is 0 Å². The number of methoxy groups -OCH3 is 3. The Morgan fingerprint density at radius 3 is 2.34 bits per heavy atom. The molecule has 148 valence electrons. The highest BCUT2D eigenvalue weighted by Gasteiger charge is 2.18. The molecule has 8 nitrogen and oxygen atoms in total. The van der Waals surface area contributed by atoms with E-state index >= 15 is 0 Å². The fourth-order valence-corrected chi connectivity index (χ4v) is 2.97. The van der Waals surface area contributed by atoms with Gasteiger partial charge >= 0.3 is 0 Å². The zero-order valence-corrected chi connectivity index (χ0v) is 16.2. The van der Waals surface area contributed by atoms with Crippen LogP contribution < -0.4 is 18.9 Å². The van der Waals surface area contributed by atoms with Crippen molar-refractivity contribution in [2.75, 3.05) is 21.3 Å². The molecule has 0 saturated carbocycles. The van der Waals surface area contributed by atoms with Gasteiger partial charge in [0, 0.05) is 17.1 Å². The third kappa shape index (κ3) is 3.64. The number of hydrogen-bond donors (Lipinski definition) is 0. The third-order valence-electron chi connectivity index (χ3n) is 4.33. The number of hydrogen-bond acceptors (Lipinski definition) is 8. The smallest absolute Gasteiger partial charge is 0.254 e. The van der Waals surface area contributed by atoms with Crippen LogP contribution in [0, 0.1) is 0 Å². The zero-order valence-electron chi connectivity index (χ0n) is 16.2. The Morgan fingerprint density at radius 1 is 0.862 bits per heavy atom. The van der Waals surface area contributed by atoms with Gasteiger partial charge in [0.05, 0.1) is 21.3 Å². The van der Waals surface area contributed by atoms with E-state index in [1.807, 2.05) is 30.3 Å². The van der Waals surface area contributed by atoms with Gasteiger partial charge in [0.1, 0.15) is 11.3 Å². The lowest BCUT2D eigenvalue weighted by molar-refractivity contribution is 0.267.